The zero-order valence-electron chi connectivity index (χ0n) is 21.7. The summed E-state index contributed by atoms with van der Waals surface area (Å²) in [4.78, 5) is 43.9. The Kier molecular flexibility index (Phi) is 10.0. The van der Waals surface area contributed by atoms with E-state index < -0.39 is 5.97 Å². The van der Waals surface area contributed by atoms with Crippen molar-refractivity contribution in [1.82, 2.24) is 4.57 Å². The van der Waals surface area contributed by atoms with Gasteiger partial charge in [-0.25, -0.2) is 4.79 Å². The summed E-state index contributed by atoms with van der Waals surface area (Å²) in [7, 11) is 1.61. The molecule has 0 atom stereocenters. The number of hydrogen-bond acceptors (Lipinski definition) is 9. The van der Waals surface area contributed by atoms with Crippen LogP contribution in [0.15, 0.2) is 23.2 Å². The van der Waals surface area contributed by atoms with Crippen LogP contribution >= 0.6 is 34.4 Å². The van der Waals surface area contributed by atoms with Crippen molar-refractivity contribution < 1.29 is 28.6 Å². The highest BCUT2D eigenvalue weighted by Crippen LogP contribution is 2.39. The molecule has 0 spiro atoms. The lowest BCUT2D eigenvalue weighted by atomic mass is 10.1. The summed E-state index contributed by atoms with van der Waals surface area (Å²) < 4.78 is 19.0. The van der Waals surface area contributed by atoms with E-state index >= 15 is 0 Å². The molecular formula is C26H31N3O6S3. The molecule has 0 bridgehead atoms. The van der Waals surface area contributed by atoms with Crippen molar-refractivity contribution in [3.8, 4) is 5.75 Å². The van der Waals surface area contributed by atoms with Crippen molar-refractivity contribution in [3.63, 3.8) is 0 Å². The predicted molar refractivity (Wildman–Crippen MR) is 152 cm³/mol. The van der Waals surface area contributed by atoms with E-state index in [1.54, 1.807) is 14.0 Å². The summed E-state index contributed by atoms with van der Waals surface area (Å²) in [5.74, 6) is -0.134. The average molecular weight is 578 g/mol. The van der Waals surface area contributed by atoms with Gasteiger partial charge in [0.05, 0.1) is 47.6 Å². The molecule has 204 valence electrons. The van der Waals surface area contributed by atoms with Gasteiger partial charge in [0.2, 0.25) is 5.91 Å². The number of fused-ring (bicyclic) bond motifs is 2. The highest BCUT2D eigenvalue weighted by Gasteiger charge is 2.28. The van der Waals surface area contributed by atoms with Crippen LogP contribution in [-0.4, -0.2) is 60.8 Å². The fourth-order valence-electron chi connectivity index (χ4n) is 4.23. The van der Waals surface area contributed by atoms with Crippen molar-refractivity contribution in [3.05, 3.63) is 39.0 Å². The molecule has 0 saturated heterocycles. The van der Waals surface area contributed by atoms with Crippen LogP contribution in [0, 0.1) is 0 Å². The summed E-state index contributed by atoms with van der Waals surface area (Å²) >= 11 is 4.04. The monoisotopic (exact) mass is 577 g/mol. The normalized spacial score (nSPS) is 13.1. The lowest BCUT2D eigenvalue weighted by molar-refractivity contribution is -0.115. The Morgan fingerprint density at radius 2 is 1.97 bits per heavy atom. The zero-order chi connectivity index (χ0) is 27.1. The van der Waals surface area contributed by atoms with Crippen LogP contribution in [0.5, 0.6) is 5.75 Å². The molecule has 0 saturated carbocycles. The Balaban J connectivity index is 1.40. The summed E-state index contributed by atoms with van der Waals surface area (Å²) in [6.07, 6.45) is 2.72. The number of methoxy groups -OCH3 is 1. The molecule has 3 aromatic rings. The lowest BCUT2D eigenvalue weighted by Crippen LogP contribution is -2.20. The first kappa shape index (κ1) is 28.3. The molecule has 4 rings (SSSR count). The quantitative estimate of drug-likeness (QED) is 0.253. The molecule has 1 N–H and O–H groups in total. The Labute approximate surface area is 233 Å². The summed E-state index contributed by atoms with van der Waals surface area (Å²) in [6, 6.07) is 5.75. The molecule has 0 radical (unpaired) electrons. The molecule has 2 amide bonds. The fourth-order valence-corrected chi connectivity index (χ4v) is 7.22. The maximum absolute atomic E-state index is 12.7. The molecule has 0 unspecified atom stereocenters. The molecule has 0 fully saturated rings. The average Bonchev–Trinajstić information content (AvgIpc) is 3.57. The van der Waals surface area contributed by atoms with E-state index in [1.807, 2.05) is 29.7 Å². The second-order valence-electron chi connectivity index (χ2n) is 8.40. The van der Waals surface area contributed by atoms with Crippen molar-refractivity contribution in [1.29, 1.82) is 0 Å². The van der Waals surface area contributed by atoms with Crippen molar-refractivity contribution >= 4 is 67.4 Å². The highest BCUT2D eigenvalue weighted by molar-refractivity contribution is 8.00. The van der Waals surface area contributed by atoms with E-state index in [4.69, 9.17) is 14.2 Å². The van der Waals surface area contributed by atoms with Gasteiger partial charge in [-0.2, -0.15) is 4.99 Å². The van der Waals surface area contributed by atoms with Gasteiger partial charge in [0.15, 0.2) is 4.80 Å². The number of amides is 2. The van der Waals surface area contributed by atoms with Gasteiger partial charge in [-0.3, -0.25) is 9.59 Å². The van der Waals surface area contributed by atoms with Gasteiger partial charge in [0, 0.05) is 18.0 Å². The number of nitrogens with one attached hydrogen (secondary N) is 1. The first-order chi connectivity index (χ1) is 18.4. The van der Waals surface area contributed by atoms with E-state index in [1.165, 1.54) is 34.4 Å². The van der Waals surface area contributed by atoms with Crippen molar-refractivity contribution in [2.24, 2.45) is 4.99 Å². The third kappa shape index (κ3) is 6.66. The minimum atomic E-state index is -0.401. The summed E-state index contributed by atoms with van der Waals surface area (Å²) in [5, 5.41) is 3.39. The van der Waals surface area contributed by atoms with Crippen LogP contribution in [0.4, 0.5) is 5.00 Å². The number of nitrogens with zero attached hydrogens (tertiary/aromatic N) is 2. The maximum Gasteiger partial charge on any atom is 0.341 e. The van der Waals surface area contributed by atoms with Gasteiger partial charge >= 0.3 is 5.97 Å². The zero-order valence-corrected chi connectivity index (χ0v) is 24.1. The number of aromatic nitrogens is 1. The van der Waals surface area contributed by atoms with E-state index in [0.29, 0.717) is 35.1 Å². The second kappa shape index (κ2) is 13.4. The Hall–Kier alpha value is -2.67. The largest absolute Gasteiger partial charge is 0.497 e. The molecule has 1 aliphatic rings. The topological polar surface area (TPSA) is 108 Å². The number of benzene rings is 1. The Morgan fingerprint density at radius 1 is 1.13 bits per heavy atom. The van der Waals surface area contributed by atoms with Crippen LogP contribution in [0.25, 0.3) is 10.2 Å². The van der Waals surface area contributed by atoms with Gasteiger partial charge in [-0.15, -0.1) is 23.1 Å². The number of carbonyl (C=O) groups is 3. The number of thioether (sulfide) groups is 1. The number of rotatable bonds is 12. The lowest BCUT2D eigenvalue weighted by Gasteiger charge is -2.07. The minimum absolute atomic E-state index is 0.0577. The van der Waals surface area contributed by atoms with Crippen LogP contribution in [0.3, 0.4) is 0 Å². The van der Waals surface area contributed by atoms with Crippen molar-refractivity contribution in [2.45, 2.75) is 39.7 Å². The van der Waals surface area contributed by atoms with Gasteiger partial charge in [-0.05, 0) is 56.9 Å². The first-order valence-corrected chi connectivity index (χ1v) is 15.3. The Bertz CT molecular complexity index is 1390. The molecule has 38 heavy (non-hydrogen) atoms. The van der Waals surface area contributed by atoms with Crippen LogP contribution in [-0.2, 0) is 38.4 Å². The highest BCUT2D eigenvalue weighted by atomic mass is 32.2. The number of ether oxygens (including phenoxy) is 3. The second-order valence-corrected chi connectivity index (χ2v) is 11.5. The Morgan fingerprint density at radius 3 is 2.74 bits per heavy atom. The molecule has 9 nitrogen and oxygen atoms in total. The van der Waals surface area contributed by atoms with E-state index in [2.05, 4.69) is 10.3 Å². The number of carbonyl (C=O) groups excluding carboxylic acids is 3. The van der Waals surface area contributed by atoms with Gasteiger partial charge < -0.3 is 24.1 Å². The maximum atomic E-state index is 12.7. The minimum Gasteiger partial charge on any atom is -0.497 e. The van der Waals surface area contributed by atoms with E-state index in [-0.39, 0.29) is 29.9 Å². The van der Waals surface area contributed by atoms with Gasteiger partial charge in [0.1, 0.15) is 10.8 Å². The standard InChI is InChI=1S/C26H31N3O6S3/c1-4-34-12-11-29-18-10-9-16(33-3)13-20(18)38-26(29)28-22(31)15-36-14-21(30)27-24-23(25(32)35-5-2)17-7-6-8-19(17)37-24/h9-10,13H,4-8,11-12,14-15H2,1-3H3,(H,27,30). The molecule has 1 aliphatic carbocycles. The van der Waals surface area contributed by atoms with E-state index in [9.17, 15) is 14.4 Å². The third-order valence-corrected chi connectivity index (χ3v) is 9.05. The van der Waals surface area contributed by atoms with Crippen LogP contribution < -0.4 is 14.9 Å². The number of thiophene rings is 1. The van der Waals surface area contributed by atoms with E-state index in [0.717, 1.165) is 45.7 Å². The summed E-state index contributed by atoms with van der Waals surface area (Å²) in [5.41, 5.74) is 2.42. The molecule has 1 aromatic carbocycles. The molecule has 0 aliphatic heterocycles. The predicted octanol–water partition coefficient (Wildman–Crippen LogP) is 4.27. The molecule has 2 heterocycles. The smallest absolute Gasteiger partial charge is 0.341 e. The van der Waals surface area contributed by atoms with Crippen LogP contribution in [0.1, 0.15) is 41.1 Å². The SMILES string of the molecule is CCOCCn1c(=NC(=O)CSCC(=O)Nc2sc3c(c2C(=O)OCC)CCC3)sc2cc(OC)ccc21. The first-order valence-electron chi connectivity index (χ1n) is 12.5. The van der Waals surface area contributed by atoms with Crippen LogP contribution in [0.2, 0.25) is 0 Å². The summed E-state index contributed by atoms with van der Waals surface area (Å²) in [6.45, 7) is 5.65. The number of esters is 1. The number of aryl methyl sites for hydroxylation is 1. The third-order valence-electron chi connectivity index (χ3n) is 5.89. The number of hydrogen-bond donors (Lipinski definition) is 1. The molecular weight excluding hydrogens is 547 g/mol. The van der Waals surface area contributed by atoms with Gasteiger partial charge in [-0.1, -0.05) is 11.3 Å². The number of anilines is 1. The fraction of sp³-hybridized carbons (Fsp3) is 0.462. The molecule has 12 heteroatoms. The van der Waals surface area contributed by atoms with Gasteiger partial charge in [0.25, 0.3) is 5.91 Å². The molecule has 2 aromatic heterocycles. The number of thiazole rings is 1. The van der Waals surface area contributed by atoms with Crippen molar-refractivity contribution in [2.75, 3.05) is 43.8 Å².